The van der Waals surface area contributed by atoms with E-state index in [2.05, 4.69) is 5.32 Å². The van der Waals surface area contributed by atoms with Gasteiger partial charge in [0.1, 0.15) is 0 Å². The highest BCUT2D eigenvalue weighted by atomic mass is 16.3. The molecule has 4 nitrogen and oxygen atoms in total. The molecule has 82 valence electrons. The van der Waals surface area contributed by atoms with Gasteiger partial charge in [-0.05, 0) is 24.6 Å². The molecule has 15 heavy (non-hydrogen) atoms. The van der Waals surface area contributed by atoms with Gasteiger partial charge in [0.15, 0.2) is 0 Å². The number of carbonyl (C=O) groups excluding carboxylic acids is 1. The molecule has 0 saturated carbocycles. The van der Waals surface area contributed by atoms with E-state index in [4.69, 9.17) is 10.8 Å². The molecule has 1 aromatic rings. The van der Waals surface area contributed by atoms with Crippen LogP contribution < -0.4 is 11.1 Å². The van der Waals surface area contributed by atoms with Crippen LogP contribution in [0.15, 0.2) is 24.3 Å². The monoisotopic (exact) mass is 208 g/mol. The Morgan fingerprint density at radius 2 is 2.07 bits per heavy atom. The number of aliphatic hydroxyl groups excluding tert-OH is 1. The van der Waals surface area contributed by atoms with Crippen molar-refractivity contribution in [3.05, 3.63) is 35.4 Å². The van der Waals surface area contributed by atoms with Crippen LogP contribution in [-0.2, 0) is 6.54 Å². The van der Waals surface area contributed by atoms with Gasteiger partial charge in [-0.25, -0.2) is 0 Å². The maximum Gasteiger partial charge on any atom is 0.248 e. The number of nitrogens with two attached hydrogens (primary N) is 1. The topological polar surface area (TPSA) is 75.3 Å². The van der Waals surface area contributed by atoms with Crippen molar-refractivity contribution in [1.29, 1.82) is 0 Å². The Balaban J connectivity index is 2.46. The summed E-state index contributed by atoms with van der Waals surface area (Å²) in [6.45, 7) is 2.95. The lowest BCUT2D eigenvalue weighted by atomic mass is 10.1. The SMILES string of the molecule is C[C@@H](O)CNCc1ccc(C(N)=O)cc1. The molecule has 0 spiro atoms. The van der Waals surface area contributed by atoms with Crippen molar-refractivity contribution in [1.82, 2.24) is 5.32 Å². The van der Waals surface area contributed by atoms with Crippen LogP contribution in [0.1, 0.15) is 22.8 Å². The van der Waals surface area contributed by atoms with E-state index in [1.54, 1.807) is 19.1 Å². The Bertz CT molecular complexity index is 320. The van der Waals surface area contributed by atoms with Crippen molar-refractivity contribution in [2.75, 3.05) is 6.54 Å². The zero-order chi connectivity index (χ0) is 11.3. The van der Waals surface area contributed by atoms with E-state index >= 15 is 0 Å². The number of aliphatic hydroxyl groups is 1. The van der Waals surface area contributed by atoms with Gasteiger partial charge in [0.25, 0.3) is 0 Å². The summed E-state index contributed by atoms with van der Waals surface area (Å²) in [5, 5.41) is 12.1. The first-order valence-corrected chi connectivity index (χ1v) is 4.87. The number of hydrogen-bond donors (Lipinski definition) is 3. The second kappa shape index (κ2) is 5.48. The van der Waals surface area contributed by atoms with Crippen LogP contribution in [0.2, 0.25) is 0 Å². The van der Waals surface area contributed by atoms with Gasteiger partial charge in [-0.3, -0.25) is 4.79 Å². The summed E-state index contributed by atoms with van der Waals surface area (Å²) < 4.78 is 0. The highest BCUT2D eigenvalue weighted by Gasteiger charge is 2.00. The first-order valence-electron chi connectivity index (χ1n) is 4.87. The van der Waals surface area contributed by atoms with Crippen molar-refractivity contribution in [2.45, 2.75) is 19.6 Å². The van der Waals surface area contributed by atoms with Crippen LogP contribution in [0, 0.1) is 0 Å². The molecule has 1 amide bonds. The average molecular weight is 208 g/mol. The lowest BCUT2D eigenvalue weighted by Crippen LogP contribution is -2.23. The van der Waals surface area contributed by atoms with E-state index in [0.29, 0.717) is 18.7 Å². The van der Waals surface area contributed by atoms with Gasteiger partial charge in [-0.2, -0.15) is 0 Å². The molecule has 0 saturated heterocycles. The van der Waals surface area contributed by atoms with Crippen molar-refractivity contribution in [3.63, 3.8) is 0 Å². The lowest BCUT2D eigenvalue weighted by Gasteiger charge is -2.06. The molecular formula is C11H16N2O2. The van der Waals surface area contributed by atoms with Gasteiger partial charge in [0, 0.05) is 18.7 Å². The Morgan fingerprint density at radius 1 is 1.47 bits per heavy atom. The van der Waals surface area contributed by atoms with Crippen LogP contribution in [0.25, 0.3) is 0 Å². The summed E-state index contributed by atoms with van der Waals surface area (Å²) in [4.78, 5) is 10.8. The van der Waals surface area contributed by atoms with Gasteiger partial charge in [0.05, 0.1) is 6.10 Å². The van der Waals surface area contributed by atoms with Gasteiger partial charge >= 0.3 is 0 Å². The molecule has 0 aliphatic heterocycles. The Kier molecular flexibility index (Phi) is 4.27. The van der Waals surface area contributed by atoms with E-state index in [0.717, 1.165) is 5.56 Å². The van der Waals surface area contributed by atoms with Crippen LogP contribution in [0.4, 0.5) is 0 Å². The van der Waals surface area contributed by atoms with Crippen LogP contribution in [0.5, 0.6) is 0 Å². The summed E-state index contributed by atoms with van der Waals surface area (Å²) in [5.41, 5.74) is 6.68. The van der Waals surface area contributed by atoms with Gasteiger partial charge in [-0.15, -0.1) is 0 Å². The molecule has 4 N–H and O–H groups in total. The fourth-order valence-corrected chi connectivity index (χ4v) is 1.21. The van der Waals surface area contributed by atoms with E-state index in [1.807, 2.05) is 12.1 Å². The Labute approximate surface area is 89.1 Å². The quantitative estimate of drug-likeness (QED) is 0.649. The number of rotatable bonds is 5. The predicted octanol–water partition coefficient (Wildman–Crippen LogP) is 0.256. The fourth-order valence-electron chi connectivity index (χ4n) is 1.21. The molecule has 0 radical (unpaired) electrons. The van der Waals surface area contributed by atoms with Crippen LogP contribution in [0.3, 0.4) is 0 Å². The van der Waals surface area contributed by atoms with Gasteiger partial charge in [-0.1, -0.05) is 12.1 Å². The number of benzene rings is 1. The Hall–Kier alpha value is -1.39. The van der Waals surface area contributed by atoms with E-state index in [9.17, 15) is 4.79 Å². The van der Waals surface area contributed by atoms with Crippen LogP contribution >= 0.6 is 0 Å². The third-order valence-electron chi connectivity index (χ3n) is 2.01. The molecule has 0 heterocycles. The van der Waals surface area contributed by atoms with Crippen molar-refractivity contribution in [3.8, 4) is 0 Å². The highest BCUT2D eigenvalue weighted by Crippen LogP contribution is 2.03. The van der Waals surface area contributed by atoms with Crippen molar-refractivity contribution >= 4 is 5.91 Å². The molecular weight excluding hydrogens is 192 g/mol. The maximum atomic E-state index is 10.8. The third-order valence-corrected chi connectivity index (χ3v) is 2.01. The molecule has 4 heteroatoms. The largest absolute Gasteiger partial charge is 0.392 e. The number of carbonyl (C=O) groups is 1. The average Bonchev–Trinajstić information content (AvgIpc) is 2.18. The maximum absolute atomic E-state index is 10.8. The summed E-state index contributed by atoms with van der Waals surface area (Å²) >= 11 is 0. The molecule has 0 aliphatic carbocycles. The minimum Gasteiger partial charge on any atom is -0.392 e. The molecule has 1 aromatic carbocycles. The van der Waals surface area contributed by atoms with E-state index in [-0.39, 0.29) is 6.10 Å². The minimum absolute atomic E-state index is 0.352. The molecule has 0 aliphatic rings. The summed E-state index contributed by atoms with van der Waals surface area (Å²) in [7, 11) is 0. The minimum atomic E-state index is -0.418. The first-order chi connectivity index (χ1) is 7.09. The van der Waals surface area contributed by atoms with Crippen molar-refractivity contribution < 1.29 is 9.90 Å². The molecule has 0 unspecified atom stereocenters. The van der Waals surface area contributed by atoms with E-state index in [1.165, 1.54) is 0 Å². The third kappa shape index (κ3) is 4.10. The number of hydrogen-bond acceptors (Lipinski definition) is 3. The normalized spacial score (nSPS) is 12.4. The zero-order valence-corrected chi connectivity index (χ0v) is 8.73. The van der Waals surface area contributed by atoms with Crippen LogP contribution in [-0.4, -0.2) is 23.7 Å². The fraction of sp³-hybridized carbons (Fsp3) is 0.364. The molecule has 1 rings (SSSR count). The Morgan fingerprint density at radius 3 is 2.53 bits per heavy atom. The second-order valence-corrected chi connectivity index (χ2v) is 3.54. The first kappa shape index (κ1) is 11.7. The smallest absolute Gasteiger partial charge is 0.248 e. The number of amides is 1. The standard InChI is InChI=1S/C11H16N2O2/c1-8(14)6-13-7-9-2-4-10(5-3-9)11(12)15/h2-5,8,13-14H,6-7H2,1H3,(H2,12,15)/t8-/m1/s1. The molecule has 0 bridgehead atoms. The predicted molar refractivity (Wildman–Crippen MR) is 58.3 cm³/mol. The summed E-state index contributed by atoms with van der Waals surface area (Å²) in [6.07, 6.45) is -0.352. The molecule has 0 fully saturated rings. The zero-order valence-electron chi connectivity index (χ0n) is 8.73. The number of nitrogens with one attached hydrogen (secondary N) is 1. The summed E-state index contributed by atoms with van der Waals surface area (Å²) in [5.74, 6) is -0.418. The summed E-state index contributed by atoms with van der Waals surface area (Å²) in [6, 6.07) is 7.08. The van der Waals surface area contributed by atoms with E-state index < -0.39 is 5.91 Å². The molecule has 1 atom stereocenters. The van der Waals surface area contributed by atoms with Crippen molar-refractivity contribution in [2.24, 2.45) is 5.73 Å². The number of primary amides is 1. The highest BCUT2D eigenvalue weighted by molar-refractivity contribution is 5.92. The lowest BCUT2D eigenvalue weighted by molar-refractivity contribution is 0.100. The van der Waals surface area contributed by atoms with Gasteiger partial charge in [0.2, 0.25) is 5.91 Å². The van der Waals surface area contributed by atoms with Gasteiger partial charge < -0.3 is 16.2 Å². The second-order valence-electron chi connectivity index (χ2n) is 3.54. The molecule has 0 aromatic heterocycles.